The molecule has 1 saturated heterocycles. The SMILES string of the molecule is CC12CCCC[C@@H]1CNCC2. The van der Waals surface area contributed by atoms with Gasteiger partial charge in [0.1, 0.15) is 0 Å². The first-order chi connectivity index (χ1) is 5.31. The molecule has 1 aliphatic heterocycles. The molecule has 64 valence electrons. The van der Waals surface area contributed by atoms with Crippen LogP contribution in [-0.4, -0.2) is 13.1 Å². The van der Waals surface area contributed by atoms with Crippen LogP contribution in [0.5, 0.6) is 0 Å². The predicted molar refractivity (Wildman–Crippen MR) is 47.6 cm³/mol. The van der Waals surface area contributed by atoms with Gasteiger partial charge in [-0.3, -0.25) is 0 Å². The van der Waals surface area contributed by atoms with E-state index in [1.54, 1.807) is 0 Å². The molecular weight excluding hydrogens is 134 g/mol. The van der Waals surface area contributed by atoms with E-state index in [2.05, 4.69) is 12.2 Å². The average molecular weight is 153 g/mol. The Balaban J connectivity index is 2.06. The molecule has 1 unspecified atom stereocenters. The number of hydrogen-bond acceptors (Lipinski definition) is 1. The van der Waals surface area contributed by atoms with E-state index in [1.807, 2.05) is 0 Å². The second kappa shape index (κ2) is 2.78. The van der Waals surface area contributed by atoms with Crippen LogP contribution in [0, 0.1) is 11.3 Å². The Morgan fingerprint density at radius 1 is 1.27 bits per heavy atom. The monoisotopic (exact) mass is 153 g/mol. The lowest BCUT2D eigenvalue weighted by Crippen LogP contribution is -2.45. The number of piperidine rings is 1. The van der Waals surface area contributed by atoms with Gasteiger partial charge in [0.25, 0.3) is 0 Å². The number of hydrogen-bond donors (Lipinski definition) is 1. The van der Waals surface area contributed by atoms with Crippen molar-refractivity contribution in [2.24, 2.45) is 11.3 Å². The fourth-order valence-corrected chi connectivity index (χ4v) is 2.80. The Hall–Kier alpha value is -0.0400. The maximum atomic E-state index is 3.51. The summed E-state index contributed by atoms with van der Waals surface area (Å²) in [5.74, 6) is 0.991. The topological polar surface area (TPSA) is 12.0 Å². The standard InChI is InChI=1S/C10H19N/c1-10-5-3-2-4-9(10)8-11-7-6-10/h9,11H,2-8H2,1H3/t9-,10?/m1/s1. The molecule has 0 amide bonds. The van der Waals surface area contributed by atoms with E-state index in [-0.39, 0.29) is 0 Å². The summed E-state index contributed by atoms with van der Waals surface area (Å²) in [5.41, 5.74) is 0.712. The molecule has 2 fully saturated rings. The summed E-state index contributed by atoms with van der Waals surface area (Å²) in [6, 6.07) is 0. The molecule has 1 aliphatic carbocycles. The first kappa shape index (κ1) is 7.60. The first-order valence-corrected chi connectivity index (χ1v) is 5.02. The van der Waals surface area contributed by atoms with E-state index in [9.17, 15) is 0 Å². The highest BCUT2D eigenvalue weighted by Crippen LogP contribution is 2.44. The highest BCUT2D eigenvalue weighted by Gasteiger charge is 2.37. The van der Waals surface area contributed by atoms with Gasteiger partial charge in [-0.25, -0.2) is 0 Å². The van der Waals surface area contributed by atoms with Crippen LogP contribution in [0.3, 0.4) is 0 Å². The minimum atomic E-state index is 0.712. The third kappa shape index (κ3) is 1.31. The molecule has 0 bridgehead atoms. The van der Waals surface area contributed by atoms with Crippen molar-refractivity contribution in [3.8, 4) is 0 Å². The van der Waals surface area contributed by atoms with Gasteiger partial charge in [-0.1, -0.05) is 19.8 Å². The summed E-state index contributed by atoms with van der Waals surface area (Å²) < 4.78 is 0. The van der Waals surface area contributed by atoms with Crippen LogP contribution < -0.4 is 5.32 Å². The second-order valence-corrected chi connectivity index (χ2v) is 4.55. The van der Waals surface area contributed by atoms with Gasteiger partial charge in [0.15, 0.2) is 0 Å². The van der Waals surface area contributed by atoms with Gasteiger partial charge in [0.2, 0.25) is 0 Å². The maximum absolute atomic E-state index is 3.51. The van der Waals surface area contributed by atoms with E-state index in [4.69, 9.17) is 0 Å². The molecule has 1 heterocycles. The van der Waals surface area contributed by atoms with Crippen molar-refractivity contribution in [2.75, 3.05) is 13.1 Å². The minimum absolute atomic E-state index is 0.712. The van der Waals surface area contributed by atoms with Gasteiger partial charge in [-0.15, -0.1) is 0 Å². The molecule has 2 atom stereocenters. The molecule has 0 aromatic rings. The van der Waals surface area contributed by atoms with Crippen molar-refractivity contribution in [1.82, 2.24) is 5.32 Å². The smallest absolute Gasteiger partial charge is 0.00153 e. The normalized spacial score (nSPS) is 45.0. The van der Waals surface area contributed by atoms with Crippen molar-refractivity contribution in [3.05, 3.63) is 0 Å². The highest BCUT2D eigenvalue weighted by atomic mass is 14.9. The van der Waals surface area contributed by atoms with E-state index in [1.165, 1.54) is 45.2 Å². The summed E-state index contributed by atoms with van der Waals surface area (Å²) in [7, 11) is 0. The van der Waals surface area contributed by atoms with Gasteiger partial charge >= 0.3 is 0 Å². The Bertz CT molecular complexity index is 130. The van der Waals surface area contributed by atoms with Gasteiger partial charge < -0.3 is 5.32 Å². The molecule has 0 radical (unpaired) electrons. The van der Waals surface area contributed by atoms with E-state index in [0.29, 0.717) is 5.41 Å². The van der Waals surface area contributed by atoms with Gasteiger partial charge in [-0.2, -0.15) is 0 Å². The Morgan fingerprint density at radius 2 is 2.18 bits per heavy atom. The van der Waals surface area contributed by atoms with Crippen LogP contribution in [-0.2, 0) is 0 Å². The molecule has 0 aromatic heterocycles. The summed E-state index contributed by atoms with van der Waals surface area (Å²) in [5, 5.41) is 3.51. The summed E-state index contributed by atoms with van der Waals surface area (Å²) >= 11 is 0. The van der Waals surface area contributed by atoms with E-state index >= 15 is 0 Å². The molecule has 1 N–H and O–H groups in total. The lowest BCUT2D eigenvalue weighted by atomic mass is 9.64. The third-order valence-corrected chi connectivity index (χ3v) is 3.80. The number of fused-ring (bicyclic) bond motifs is 1. The molecule has 0 spiro atoms. The second-order valence-electron chi connectivity index (χ2n) is 4.55. The fourth-order valence-electron chi connectivity index (χ4n) is 2.80. The molecule has 11 heavy (non-hydrogen) atoms. The van der Waals surface area contributed by atoms with Crippen molar-refractivity contribution >= 4 is 0 Å². The van der Waals surface area contributed by atoms with Crippen LogP contribution in [0.4, 0.5) is 0 Å². The Kier molecular flexibility index (Phi) is 1.92. The van der Waals surface area contributed by atoms with Crippen LogP contribution in [0.2, 0.25) is 0 Å². The maximum Gasteiger partial charge on any atom is -0.00153 e. The molecule has 1 nitrogen and oxygen atoms in total. The largest absolute Gasteiger partial charge is 0.316 e. The molecule has 1 heteroatoms. The zero-order chi connectivity index (χ0) is 7.73. The van der Waals surface area contributed by atoms with Crippen molar-refractivity contribution in [2.45, 2.75) is 39.0 Å². The van der Waals surface area contributed by atoms with Crippen molar-refractivity contribution in [3.63, 3.8) is 0 Å². The predicted octanol–water partition coefficient (Wildman–Crippen LogP) is 2.18. The molecule has 2 aliphatic rings. The Morgan fingerprint density at radius 3 is 3.00 bits per heavy atom. The summed E-state index contributed by atoms with van der Waals surface area (Å²) in [4.78, 5) is 0. The van der Waals surface area contributed by atoms with E-state index in [0.717, 1.165) is 5.92 Å². The first-order valence-electron chi connectivity index (χ1n) is 5.02. The van der Waals surface area contributed by atoms with Crippen LogP contribution >= 0.6 is 0 Å². The fraction of sp³-hybridized carbons (Fsp3) is 1.00. The minimum Gasteiger partial charge on any atom is -0.316 e. The van der Waals surface area contributed by atoms with E-state index < -0.39 is 0 Å². The van der Waals surface area contributed by atoms with Gasteiger partial charge in [0.05, 0.1) is 0 Å². The third-order valence-electron chi connectivity index (χ3n) is 3.80. The average Bonchev–Trinajstić information content (AvgIpc) is 2.03. The van der Waals surface area contributed by atoms with Crippen LogP contribution in [0.15, 0.2) is 0 Å². The number of rotatable bonds is 0. The molecule has 0 aromatic carbocycles. The highest BCUT2D eigenvalue weighted by molar-refractivity contribution is 4.90. The molecular formula is C10H19N. The molecule has 1 saturated carbocycles. The lowest BCUT2D eigenvalue weighted by molar-refractivity contribution is 0.0771. The quantitative estimate of drug-likeness (QED) is 0.562. The zero-order valence-corrected chi connectivity index (χ0v) is 7.53. The van der Waals surface area contributed by atoms with Crippen molar-refractivity contribution < 1.29 is 0 Å². The molecule has 2 rings (SSSR count). The zero-order valence-electron chi connectivity index (χ0n) is 7.53. The summed E-state index contributed by atoms with van der Waals surface area (Å²) in [6.45, 7) is 5.04. The lowest BCUT2D eigenvalue weighted by Gasteiger charge is -2.45. The van der Waals surface area contributed by atoms with Crippen LogP contribution in [0.25, 0.3) is 0 Å². The Labute approximate surface area is 69.6 Å². The summed E-state index contributed by atoms with van der Waals surface area (Å²) in [6.07, 6.45) is 7.33. The van der Waals surface area contributed by atoms with Gasteiger partial charge in [0, 0.05) is 0 Å². The van der Waals surface area contributed by atoms with Crippen molar-refractivity contribution in [1.29, 1.82) is 0 Å². The van der Waals surface area contributed by atoms with Gasteiger partial charge in [-0.05, 0) is 43.7 Å². The van der Waals surface area contributed by atoms with Crippen LogP contribution in [0.1, 0.15) is 39.0 Å². The number of nitrogens with one attached hydrogen (secondary N) is 1.